The van der Waals surface area contributed by atoms with Gasteiger partial charge in [-0.15, -0.1) is 5.10 Å². The number of anilines is 1. The van der Waals surface area contributed by atoms with Gasteiger partial charge in [0.2, 0.25) is 0 Å². The summed E-state index contributed by atoms with van der Waals surface area (Å²) >= 11 is 2.95. The summed E-state index contributed by atoms with van der Waals surface area (Å²) in [4.78, 5) is 11.9. The molecule has 1 aromatic carbocycles. The van der Waals surface area contributed by atoms with Crippen LogP contribution in [0.2, 0.25) is 0 Å². The first-order chi connectivity index (χ1) is 9.38. The summed E-state index contributed by atoms with van der Waals surface area (Å²) in [5.74, 6) is -0.820. The molecular formula is C12H7BrF3N3O. The highest BCUT2D eigenvalue weighted by molar-refractivity contribution is 9.10. The molecule has 1 aromatic heterocycles. The maximum Gasteiger partial charge on any atom is 0.417 e. The largest absolute Gasteiger partial charge is 0.417 e. The minimum atomic E-state index is -4.63. The highest BCUT2D eigenvalue weighted by atomic mass is 79.9. The van der Waals surface area contributed by atoms with Crippen LogP contribution in [0, 0.1) is 0 Å². The molecule has 0 aliphatic rings. The number of benzene rings is 1. The number of carbonyl (C=O) groups excluding carboxylic acids is 1. The first-order valence-corrected chi connectivity index (χ1v) is 6.13. The van der Waals surface area contributed by atoms with Crippen molar-refractivity contribution in [2.24, 2.45) is 0 Å². The average Bonchev–Trinajstić information content (AvgIpc) is 2.38. The molecule has 0 unspecified atom stereocenters. The van der Waals surface area contributed by atoms with Crippen LogP contribution in [0.5, 0.6) is 0 Å². The van der Waals surface area contributed by atoms with Crippen LogP contribution in [0.3, 0.4) is 0 Å². The molecular weight excluding hydrogens is 339 g/mol. The number of amides is 1. The van der Waals surface area contributed by atoms with Gasteiger partial charge in [-0.25, -0.2) is 0 Å². The van der Waals surface area contributed by atoms with E-state index in [0.29, 0.717) is 0 Å². The zero-order chi connectivity index (χ0) is 14.8. The Balaban J connectivity index is 2.35. The zero-order valence-electron chi connectivity index (χ0n) is 9.78. The first-order valence-electron chi connectivity index (χ1n) is 5.34. The maximum absolute atomic E-state index is 12.9. The van der Waals surface area contributed by atoms with Crippen LogP contribution in [0.1, 0.15) is 15.9 Å². The number of rotatable bonds is 2. The number of carbonyl (C=O) groups is 1. The van der Waals surface area contributed by atoms with Gasteiger partial charge >= 0.3 is 6.18 Å². The van der Waals surface area contributed by atoms with Crippen molar-refractivity contribution in [2.75, 3.05) is 5.32 Å². The molecule has 0 aliphatic carbocycles. The first kappa shape index (κ1) is 14.4. The van der Waals surface area contributed by atoms with E-state index in [-0.39, 0.29) is 10.3 Å². The Labute approximate surface area is 120 Å². The van der Waals surface area contributed by atoms with Crippen LogP contribution in [0.15, 0.2) is 41.0 Å². The highest BCUT2D eigenvalue weighted by Crippen LogP contribution is 2.34. The predicted molar refractivity (Wildman–Crippen MR) is 69.1 cm³/mol. The average molecular weight is 346 g/mol. The van der Waals surface area contributed by atoms with Crippen molar-refractivity contribution >= 4 is 27.7 Å². The molecule has 1 heterocycles. The summed E-state index contributed by atoms with van der Waals surface area (Å²) in [5.41, 5.74) is -1.50. The molecule has 0 radical (unpaired) electrons. The second-order valence-corrected chi connectivity index (χ2v) is 4.67. The van der Waals surface area contributed by atoms with Crippen molar-refractivity contribution < 1.29 is 18.0 Å². The lowest BCUT2D eigenvalue weighted by Crippen LogP contribution is -2.19. The number of hydrogen-bond donors (Lipinski definition) is 1. The van der Waals surface area contributed by atoms with Gasteiger partial charge in [0.25, 0.3) is 5.91 Å². The number of nitrogens with zero attached hydrogens (tertiary/aromatic N) is 2. The minimum Gasteiger partial charge on any atom is -0.305 e. The molecule has 0 atom stereocenters. The van der Waals surface area contributed by atoms with Crippen LogP contribution in [-0.4, -0.2) is 16.1 Å². The van der Waals surface area contributed by atoms with Gasteiger partial charge in [-0.2, -0.15) is 18.3 Å². The summed E-state index contributed by atoms with van der Waals surface area (Å²) in [6, 6.07) is 6.25. The third kappa shape index (κ3) is 3.32. The molecule has 0 spiro atoms. The second-order valence-electron chi connectivity index (χ2n) is 3.75. The van der Waals surface area contributed by atoms with Gasteiger partial charge in [0, 0.05) is 10.7 Å². The van der Waals surface area contributed by atoms with E-state index in [1.54, 1.807) is 0 Å². The molecule has 2 rings (SSSR count). The van der Waals surface area contributed by atoms with E-state index in [9.17, 15) is 18.0 Å². The van der Waals surface area contributed by atoms with Crippen molar-refractivity contribution in [3.05, 3.63) is 52.1 Å². The normalized spacial score (nSPS) is 11.2. The highest BCUT2D eigenvalue weighted by Gasteiger charge is 2.35. The van der Waals surface area contributed by atoms with Crippen molar-refractivity contribution in [3.8, 4) is 0 Å². The van der Waals surface area contributed by atoms with E-state index in [2.05, 4.69) is 31.4 Å². The van der Waals surface area contributed by atoms with Crippen LogP contribution in [0.25, 0.3) is 0 Å². The molecule has 2 aromatic rings. The Morgan fingerprint density at radius 1 is 1.25 bits per heavy atom. The van der Waals surface area contributed by atoms with E-state index in [0.717, 1.165) is 12.1 Å². The maximum atomic E-state index is 12.9. The second kappa shape index (κ2) is 5.58. The molecule has 1 amide bonds. The van der Waals surface area contributed by atoms with Crippen LogP contribution in [-0.2, 0) is 6.18 Å². The van der Waals surface area contributed by atoms with Gasteiger partial charge in [0.05, 0.1) is 11.1 Å². The Morgan fingerprint density at radius 2 is 2.00 bits per heavy atom. The number of hydrogen-bond acceptors (Lipinski definition) is 3. The molecule has 4 nitrogen and oxygen atoms in total. The SMILES string of the molecule is O=C(Nc1cccnn1)c1ccc(Br)cc1C(F)(F)F. The van der Waals surface area contributed by atoms with E-state index in [1.807, 2.05) is 0 Å². The van der Waals surface area contributed by atoms with E-state index < -0.39 is 23.2 Å². The fourth-order valence-electron chi connectivity index (χ4n) is 1.50. The van der Waals surface area contributed by atoms with E-state index >= 15 is 0 Å². The van der Waals surface area contributed by atoms with Gasteiger partial charge in [-0.05, 0) is 30.3 Å². The predicted octanol–water partition coefficient (Wildman–Crippen LogP) is 3.51. The van der Waals surface area contributed by atoms with Crippen molar-refractivity contribution in [1.29, 1.82) is 0 Å². The number of alkyl halides is 3. The zero-order valence-corrected chi connectivity index (χ0v) is 11.4. The monoisotopic (exact) mass is 345 g/mol. The molecule has 8 heteroatoms. The van der Waals surface area contributed by atoms with Gasteiger partial charge in [0.1, 0.15) is 0 Å². The summed E-state index contributed by atoms with van der Waals surface area (Å²) in [6.45, 7) is 0. The van der Waals surface area contributed by atoms with Crippen molar-refractivity contribution in [3.63, 3.8) is 0 Å². The third-order valence-corrected chi connectivity index (χ3v) is 2.84. The van der Waals surface area contributed by atoms with Gasteiger partial charge in [0.15, 0.2) is 5.82 Å². The quantitative estimate of drug-likeness (QED) is 0.906. The van der Waals surface area contributed by atoms with Gasteiger partial charge in [-0.1, -0.05) is 15.9 Å². The lowest BCUT2D eigenvalue weighted by molar-refractivity contribution is -0.137. The molecule has 0 saturated heterocycles. The summed E-state index contributed by atoms with van der Waals surface area (Å²) < 4.78 is 38.9. The summed E-state index contributed by atoms with van der Waals surface area (Å²) in [6.07, 6.45) is -3.24. The van der Waals surface area contributed by atoms with Gasteiger partial charge < -0.3 is 5.32 Å². The number of nitrogens with one attached hydrogen (secondary N) is 1. The summed E-state index contributed by atoms with van der Waals surface area (Å²) in [5, 5.41) is 9.37. The Hall–Kier alpha value is -1.96. The van der Waals surface area contributed by atoms with Crippen molar-refractivity contribution in [1.82, 2.24) is 10.2 Å². The van der Waals surface area contributed by atoms with Crippen molar-refractivity contribution in [2.45, 2.75) is 6.18 Å². The lowest BCUT2D eigenvalue weighted by Gasteiger charge is -2.12. The molecule has 1 N–H and O–H groups in total. The van der Waals surface area contributed by atoms with Crippen LogP contribution < -0.4 is 5.32 Å². The fourth-order valence-corrected chi connectivity index (χ4v) is 1.86. The Bertz CT molecular complexity index is 632. The number of halogens is 4. The molecule has 0 saturated carbocycles. The molecule has 0 aliphatic heterocycles. The summed E-state index contributed by atoms with van der Waals surface area (Å²) in [7, 11) is 0. The smallest absolute Gasteiger partial charge is 0.305 e. The Morgan fingerprint density at radius 3 is 2.60 bits per heavy atom. The molecule has 0 fully saturated rings. The standard InChI is InChI=1S/C12H7BrF3N3O/c13-7-3-4-8(9(6-7)12(14,15)16)11(20)18-10-2-1-5-17-19-10/h1-6H,(H,18,19,20). The van der Waals surface area contributed by atoms with E-state index in [4.69, 9.17) is 0 Å². The van der Waals surface area contributed by atoms with E-state index in [1.165, 1.54) is 24.4 Å². The van der Waals surface area contributed by atoms with Crippen LogP contribution >= 0.6 is 15.9 Å². The third-order valence-electron chi connectivity index (χ3n) is 2.35. The minimum absolute atomic E-state index is 0.0774. The molecule has 0 bridgehead atoms. The topological polar surface area (TPSA) is 54.9 Å². The Kier molecular flexibility index (Phi) is 4.03. The molecule has 20 heavy (non-hydrogen) atoms. The van der Waals surface area contributed by atoms with Gasteiger partial charge in [-0.3, -0.25) is 4.79 Å². The van der Waals surface area contributed by atoms with Crippen LogP contribution in [0.4, 0.5) is 19.0 Å². The molecule has 104 valence electrons. The number of aromatic nitrogens is 2. The lowest BCUT2D eigenvalue weighted by atomic mass is 10.1. The fraction of sp³-hybridized carbons (Fsp3) is 0.0833.